The fourth-order valence-electron chi connectivity index (χ4n) is 3.40. The third kappa shape index (κ3) is 3.53. The third-order valence-corrected chi connectivity index (χ3v) is 4.89. The van der Waals surface area contributed by atoms with E-state index in [1.165, 1.54) is 16.5 Å². The standard InChI is InChI=1S/C23H20N4O/c1-28-18-9-7-17(8-10-18)20(14-27-23-11-6-16(12-24)13-26-23)21-15-25-22-5-3-2-4-19(21)22/h2-11,13,15,20,25H,14H2,1H3,(H,26,27)/t20-/m0/s1. The monoisotopic (exact) mass is 368 g/mol. The minimum absolute atomic E-state index is 0.125. The Bertz CT molecular complexity index is 1110. The van der Waals surface area contributed by atoms with E-state index in [1.807, 2.05) is 24.3 Å². The van der Waals surface area contributed by atoms with Gasteiger partial charge in [-0.25, -0.2) is 4.98 Å². The van der Waals surface area contributed by atoms with Crippen LogP contribution in [0.4, 0.5) is 5.82 Å². The van der Waals surface area contributed by atoms with Crippen LogP contribution in [0.5, 0.6) is 5.75 Å². The molecule has 2 N–H and O–H groups in total. The minimum atomic E-state index is 0.125. The molecule has 2 heterocycles. The number of para-hydroxylation sites is 1. The second kappa shape index (κ2) is 7.85. The highest BCUT2D eigenvalue weighted by atomic mass is 16.5. The molecule has 4 rings (SSSR count). The van der Waals surface area contributed by atoms with Crippen molar-refractivity contribution >= 4 is 16.7 Å². The number of hydrogen-bond acceptors (Lipinski definition) is 4. The Morgan fingerprint density at radius 3 is 2.64 bits per heavy atom. The van der Waals surface area contributed by atoms with Gasteiger partial charge in [0.25, 0.3) is 0 Å². The van der Waals surface area contributed by atoms with Gasteiger partial charge in [0.15, 0.2) is 0 Å². The number of benzene rings is 2. The summed E-state index contributed by atoms with van der Waals surface area (Å²) in [5.41, 5.74) is 4.08. The topological polar surface area (TPSA) is 73.7 Å². The molecule has 0 aliphatic carbocycles. The maximum Gasteiger partial charge on any atom is 0.125 e. The van der Waals surface area contributed by atoms with Gasteiger partial charge < -0.3 is 15.0 Å². The first-order chi connectivity index (χ1) is 13.8. The Labute approximate surface area is 163 Å². The lowest BCUT2D eigenvalue weighted by atomic mass is 9.91. The lowest BCUT2D eigenvalue weighted by Crippen LogP contribution is -2.14. The van der Waals surface area contributed by atoms with E-state index in [1.54, 1.807) is 19.4 Å². The predicted molar refractivity (Wildman–Crippen MR) is 111 cm³/mol. The van der Waals surface area contributed by atoms with Gasteiger partial charge in [-0.1, -0.05) is 30.3 Å². The number of nitrogens with zero attached hydrogens (tertiary/aromatic N) is 2. The van der Waals surface area contributed by atoms with Crippen LogP contribution in [0.1, 0.15) is 22.6 Å². The molecule has 0 aliphatic heterocycles. The van der Waals surface area contributed by atoms with Crippen molar-refractivity contribution in [2.45, 2.75) is 5.92 Å². The molecule has 1 atom stereocenters. The molecule has 2 aromatic heterocycles. The summed E-state index contributed by atoms with van der Waals surface area (Å²) in [4.78, 5) is 7.69. The van der Waals surface area contributed by atoms with Gasteiger partial charge >= 0.3 is 0 Å². The number of anilines is 1. The fourth-order valence-corrected chi connectivity index (χ4v) is 3.40. The third-order valence-electron chi connectivity index (χ3n) is 4.89. The summed E-state index contributed by atoms with van der Waals surface area (Å²) in [6.45, 7) is 0.674. The van der Waals surface area contributed by atoms with Crippen molar-refractivity contribution in [2.24, 2.45) is 0 Å². The summed E-state index contributed by atoms with van der Waals surface area (Å²) in [7, 11) is 1.67. The molecule has 0 spiro atoms. The molecule has 5 heteroatoms. The molecule has 28 heavy (non-hydrogen) atoms. The smallest absolute Gasteiger partial charge is 0.125 e. The van der Waals surface area contributed by atoms with Crippen LogP contribution in [-0.2, 0) is 0 Å². The fraction of sp³-hybridized carbons (Fsp3) is 0.130. The van der Waals surface area contributed by atoms with Crippen molar-refractivity contribution in [1.29, 1.82) is 5.26 Å². The number of nitriles is 1. The highest BCUT2D eigenvalue weighted by Gasteiger charge is 2.18. The van der Waals surface area contributed by atoms with E-state index in [4.69, 9.17) is 10.00 Å². The molecule has 0 saturated heterocycles. The van der Waals surface area contributed by atoms with Crippen molar-refractivity contribution in [2.75, 3.05) is 19.0 Å². The van der Waals surface area contributed by atoms with E-state index in [-0.39, 0.29) is 5.92 Å². The molecule has 2 aromatic carbocycles. The van der Waals surface area contributed by atoms with Crippen molar-refractivity contribution in [3.8, 4) is 11.8 Å². The number of fused-ring (bicyclic) bond motifs is 1. The minimum Gasteiger partial charge on any atom is -0.497 e. The van der Waals surface area contributed by atoms with E-state index in [0.29, 0.717) is 12.1 Å². The van der Waals surface area contributed by atoms with Crippen LogP contribution in [0.25, 0.3) is 10.9 Å². The maximum atomic E-state index is 8.94. The number of nitrogens with one attached hydrogen (secondary N) is 2. The van der Waals surface area contributed by atoms with Gasteiger partial charge in [0, 0.05) is 35.8 Å². The van der Waals surface area contributed by atoms with Crippen molar-refractivity contribution < 1.29 is 4.74 Å². The highest BCUT2D eigenvalue weighted by Crippen LogP contribution is 2.32. The van der Waals surface area contributed by atoms with E-state index in [9.17, 15) is 0 Å². The number of rotatable bonds is 6. The molecule has 0 aliphatic rings. The zero-order valence-corrected chi connectivity index (χ0v) is 15.5. The molecule has 138 valence electrons. The number of hydrogen-bond donors (Lipinski definition) is 2. The number of methoxy groups -OCH3 is 1. The van der Waals surface area contributed by atoms with Crippen molar-refractivity contribution in [1.82, 2.24) is 9.97 Å². The summed E-state index contributed by atoms with van der Waals surface area (Å²) in [5, 5.41) is 13.6. The van der Waals surface area contributed by atoms with E-state index in [2.05, 4.69) is 57.9 Å². The molecular formula is C23H20N4O. The molecule has 0 bridgehead atoms. The van der Waals surface area contributed by atoms with Crippen LogP contribution in [0.15, 0.2) is 73.1 Å². The normalized spacial score (nSPS) is 11.7. The lowest BCUT2D eigenvalue weighted by Gasteiger charge is -2.19. The second-order valence-electron chi connectivity index (χ2n) is 6.54. The van der Waals surface area contributed by atoms with Gasteiger partial charge in [-0.2, -0.15) is 5.26 Å². The van der Waals surface area contributed by atoms with Crippen molar-refractivity contribution in [3.63, 3.8) is 0 Å². The molecule has 0 saturated carbocycles. The zero-order valence-electron chi connectivity index (χ0n) is 15.5. The average molecular weight is 368 g/mol. The van der Waals surface area contributed by atoms with E-state index < -0.39 is 0 Å². The van der Waals surface area contributed by atoms with Crippen molar-refractivity contribution in [3.05, 3.63) is 89.7 Å². The van der Waals surface area contributed by atoms with Crippen LogP contribution < -0.4 is 10.1 Å². The van der Waals surface area contributed by atoms with Gasteiger partial charge in [-0.05, 0) is 41.5 Å². The molecule has 0 radical (unpaired) electrons. The average Bonchev–Trinajstić information content (AvgIpc) is 3.19. The van der Waals surface area contributed by atoms with Crippen LogP contribution in [0, 0.1) is 11.3 Å². The quantitative estimate of drug-likeness (QED) is 0.518. The first-order valence-corrected chi connectivity index (χ1v) is 9.08. The Hall–Kier alpha value is -3.78. The number of aromatic amines is 1. The van der Waals surface area contributed by atoms with E-state index >= 15 is 0 Å². The number of pyridine rings is 1. The predicted octanol–water partition coefficient (Wildman–Crippen LogP) is 4.69. The number of aromatic nitrogens is 2. The summed E-state index contributed by atoms with van der Waals surface area (Å²) >= 11 is 0. The van der Waals surface area contributed by atoms with Crippen LogP contribution in [0.3, 0.4) is 0 Å². The molecule has 0 fully saturated rings. The maximum absolute atomic E-state index is 8.94. The molecular weight excluding hydrogens is 348 g/mol. The van der Waals surface area contributed by atoms with Gasteiger partial charge in [-0.3, -0.25) is 0 Å². The van der Waals surface area contributed by atoms with Gasteiger partial charge in [0.2, 0.25) is 0 Å². The lowest BCUT2D eigenvalue weighted by molar-refractivity contribution is 0.414. The Kier molecular flexibility index (Phi) is 4.94. The molecule has 0 amide bonds. The Morgan fingerprint density at radius 1 is 1.11 bits per heavy atom. The Morgan fingerprint density at radius 2 is 1.93 bits per heavy atom. The zero-order chi connectivity index (χ0) is 19.3. The van der Waals surface area contributed by atoms with Crippen LogP contribution >= 0.6 is 0 Å². The number of H-pyrrole nitrogens is 1. The van der Waals surface area contributed by atoms with Crippen LogP contribution in [0.2, 0.25) is 0 Å². The first kappa shape index (κ1) is 17.6. The molecule has 5 nitrogen and oxygen atoms in total. The van der Waals surface area contributed by atoms with Gasteiger partial charge in [-0.15, -0.1) is 0 Å². The highest BCUT2D eigenvalue weighted by molar-refractivity contribution is 5.84. The van der Waals surface area contributed by atoms with E-state index in [0.717, 1.165) is 17.1 Å². The second-order valence-corrected chi connectivity index (χ2v) is 6.54. The van der Waals surface area contributed by atoms with Gasteiger partial charge in [0.1, 0.15) is 17.6 Å². The largest absolute Gasteiger partial charge is 0.497 e. The van der Waals surface area contributed by atoms with Crippen LogP contribution in [-0.4, -0.2) is 23.6 Å². The first-order valence-electron chi connectivity index (χ1n) is 9.08. The molecule has 4 aromatic rings. The molecule has 0 unspecified atom stereocenters. The summed E-state index contributed by atoms with van der Waals surface area (Å²) < 4.78 is 5.30. The SMILES string of the molecule is COc1ccc([C@H](CNc2ccc(C#N)cn2)c2c[nH]c3ccccc23)cc1. The number of ether oxygens (including phenoxy) is 1. The summed E-state index contributed by atoms with van der Waals surface area (Å²) in [5.74, 6) is 1.71. The summed E-state index contributed by atoms with van der Waals surface area (Å²) in [6.07, 6.45) is 3.66. The Balaban J connectivity index is 1.67. The summed E-state index contributed by atoms with van der Waals surface area (Å²) in [6, 6.07) is 22.2. The van der Waals surface area contributed by atoms with Gasteiger partial charge in [0.05, 0.1) is 12.7 Å².